The fraction of sp³-hybridized carbons (Fsp3) is 0.240. The van der Waals surface area contributed by atoms with Crippen molar-refractivity contribution in [2.45, 2.75) is 33.8 Å². The molecule has 0 saturated carbocycles. The molecule has 1 amide bonds. The average molecular weight is 447 g/mol. The first-order chi connectivity index (χ1) is 15.8. The summed E-state index contributed by atoms with van der Waals surface area (Å²) >= 11 is 0. The first kappa shape index (κ1) is 22.1. The minimum Gasteiger partial charge on any atom is -0.491 e. The molecule has 2 aromatic carbocycles. The molecule has 0 bridgehead atoms. The molecule has 170 valence electrons. The van der Waals surface area contributed by atoms with Gasteiger partial charge in [0, 0.05) is 36.5 Å². The van der Waals surface area contributed by atoms with Crippen molar-refractivity contribution in [1.82, 2.24) is 14.9 Å². The van der Waals surface area contributed by atoms with Gasteiger partial charge in [0.25, 0.3) is 5.91 Å². The third-order valence-corrected chi connectivity index (χ3v) is 4.88. The highest BCUT2D eigenvalue weighted by Crippen LogP contribution is 2.32. The Morgan fingerprint density at radius 2 is 1.76 bits per heavy atom. The molecule has 4 rings (SSSR count). The molecule has 0 aliphatic carbocycles. The molecule has 0 aliphatic rings. The highest BCUT2D eigenvalue weighted by atomic mass is 16.5. The van der Waals surface area contributed by atoms with Crippen molar-refractivity contribution < 1.29 is 18.8 Å². The fourth-order valence-electron chi connectivity index (χ4n) is 3.49. The van der Waals surface area contributed by atoms with Gasteiger partial charge in [-0.15, -0.1) is 0 Å². The summed E-state index contributed by atoms with van der Waals surface area (Å²) < 4.78 is 18.8. The van der Waals surface area contributed by atoms with Gasteiger partial charge in [0.05, 0.1) is 11.8 Å². The number of hydrogen-bond donors (Lipinski definition) is 1. The summed E-state index contributed by atoms with van der Waals surface area (Å²) in [4.78, 5) is 12.8. The van der Waals surface area contributed by atoms with E-state index in [-0.39, 0.29) is 12.0 Å². The Bertz CT molecular complexity index is 1250. The van der Waals surface area contributed by atoms with Gasteiger partial charge in [-0.25, -0.2) is 0 Å². The number of anilines is 1. The average Bonchev–Trinajstić information content (AvgIpc) is 3.32. The molecule has 0 fully saturated rings. The number of amides is 1. The fourth-order valence-corrected chi connectivity index (χ4v) is 3.49. The second kappa shape index (κ2) is 9.20. The zero-order valence-electron chi connectivity index (χ0n) is 19.2. The van der Waals surface area contributed by atoms with E-state index < -0.39 is 0 Å². The van der Waals surface area contributed by atoms with E-state index in [0.29, 0.717) is 28.6 Å². The molecular weight excluding hydrogens is 420 g/mol. The monoisotopic (exact) mass is 446 g/mol. The van der Waals surface area contributed by atoms with E-state index in [1.54, 1.807) is 42.2 Å². The minimum atomic E-state index is -0.304. The summed E-state index contributed by atoms with van der Waals surface area (Å²) in [6.45, 7) is 7.65. The summed E-state index contributed by atoms with van der Waals surface area (Å²) in [5.41, 5.74) is 3.21. The number of rotatable bonds is 7. The molecule has 33 heavy (non-hydrogen) atoms. The number of benzene rings is 2. The zero-order valence-corrected chi connectivity index (χ0v) is 19.2. The molecule has 2 aromatic heterocycles. The minimum absolute atomic E-state index is 0.0544. The molecule has 0 saturated heterocycles. The van der Waals surface area contributed by atoms with E-state index in [1.807, 2.05) is 52.0 Å². The maximum atomic E-state index is 12.8. The lowest BCUT2D eigenvalue weighted by Gasteiger charge is -2.14. The van der Waals surface area contributed by atoms with Crippen molar-refractivity contribution >= 4 is 11.7 Å². The number of aromatic nitrogens is 3. The van der Waals surface area contributed by atoms with Crippen molar-refractivity contribution in [3.8, 4) is 28.4 Å². The van der Waals surface area contributed by atoms with Crippen molar-refractivity contribution in [2.75, 3.05) is 5.32 Å². The molecular formula is C25H26N4O4. The Labute approximate surface area is 192 Å². The number of hydrogen-bond acceptors (Lipinski definition) is 6. The van der Waals surface area contributed by atoms with Gasteiger partial charge in [-0.1, -0.05) is 17.3 Å². The Balaban J connectivity index is 1.58. The Kier molecular flexibility index (Phi) is 6.17. The van der Waals surface area contributed by atoms with E-state index in [9.17, 15) is 4.79 Å². The van der Waals surface area contributed by atoms with Crippen LogP contribution < -0.4 is 14.8 Å². The van der Waals surface area contributed by atoms with Crippen LogP contribution in [0.25, 0.3) is 11.1 Å². The van der Waals surface area contributed by atoms with Crippen LogP contribution >= 0.6 is 0 Å². The molecule has 0 radical (unpaired) electrons. The maximum absolute atomic E-state index is 12.8. The topological polar surface area (TPSA) is 91.4 Å². The predicted molar refractivity (Wildman–Crippen MR) is 125 cm³/mol. The van der Waals surface area contributed by atoms with Gasteiger partial charge in [-0.05, 0) is 57.5 Å². The van der Waals surface area contributed by atoms with Gasteiger partial charge >= 0.3 is 0 Å². The summed E-state index contributed by atoms with van der Waals surface area (Å²) in [7, 11) is 1.79. The van der Waals surface area contributed by atoms with Gasteiger partial charge in [-0.3, -0.25) is 9.48 Å². The van der Waals surface area contributed by atoms with Crippen LogP contribution in [0.3, 0.4) is 0 Å². The second-order valence-electron chi connectivity index (χ2n) is 8.01. The molecule has 0 aliphatic heterocycles. The van der Waals surface area contributed by atoms with Crippen LogP contribution in [0.4, 0.5) is 5.82 Å². The quantitative estimate of drug-likeness (QED) is 0.402. The summed E-state index contributed by atoms with van der Waals surface area (Å²) in [6.07, 6.45) is 1.70. The molecule has 8 nitrogen and oxygen atoms in total. The van der Waals surface area contributed by atoms with Gasteiger partial charge in [0.2, 0.25) is 0 Å². The lowest BCUT2D eigenvalue weighted by atomic mass is 10.0. The van der Waals surface area contributed by atoms with Crippen LogP contribution in [0.15, 0.2) is 59.3 Å². The first-order valence-corrected chi connectivity index (χ1v) is 10.6. The van der Waals surface area contributed by atoms with E-state index in [2.05, 4.69) is 15.6 Å². The normalized spacial score (nSPS) is 11.0. The molecule has 0 unspecified atom stereocenters. The van der Waals surface area contributed by atoms with Crippen LogP contribution in [0.1, 0.15) is 35.7 Å². The largest absolute Gasteiger partial charge is 0.491 e. The lowest BCUT2D eigenvalue weighted by Crippen LogP contribution is -2.13. The van der Waals surface area contributed by atoms with Crippen LogP contribution in [-0.2, 0) is 7.05 Å². The van der Waals surface area contributed by atoms with Crippen LogP contribution in [0.5, 0.6) is 17.2 Å². The van der Waals surface area contributed by atoms with Gasteiger partial charge in [0.1, 0.15) is 23.0 Å². The molecule has 8 heteroatoms. The maximum Gasteiger partial charge on any atom is 0.257 e. The molecule has 4 aromatic rings. The molecule has 0 atom stereocenters. The number of aryl methyl sites for hydroxylation is 3. The standard InChI is InChI=1S/C25H26N4O4/c1-15(2)31-21-12-19(25(30)26-23-10-11-29(5)27-23)13-22(14-21)32-20-8-6-18(7-9-20)24-16(3)28-33-17(24)4/h6-15H,1-5H3,(H,26,27,30). The molecule has 2 heterocycles. The third kappa shape index (κ3) is 5.23. The summed E-state index contributed by atoms with van der Waals surface area (Å²) in [5, 5.41) is 11.0. The molecule has 0 spiro atoms. The van der Waals surface area contributed by atoms with E-state index in [0.717, 1.165) is 22.6 Å². The van der Waals surface area contributed by atoms with E-state index in [1.165, 1.54) is 0 Å². The predicted octanol–water partition coefficient (Wildman–Crippen LogP) is 5.52. The lowest BCUT2D eigenvalue weighted by molar-refractivity contribution is 0.102. The van der Waals surface area contributed by atoms with Crippen molar-refractivity contribution in [2.24, 2.45) is 7.05 Å². The summed E-state index contributed by atoms with van der Waals surface area (Å²) in [5.74, 6) is 2.59. The number of nitrogens with zero attached hydrogens (tertiary/aromatic N) is 3. The van der Waals surface area contributed by atoms with Crippen LogP contribution in [0.2, 0.25) is 0 Å². The van der Waals surface area contributed by atoms with Gasteiger partial charge < -0.3 is 19.3 Å². The Morgan fingerprint density at radius 3 is 2.36 bits per heavy atom. The number of ether oxygens (including phenoxy) is 2. The van der Waals surface area contributed by atoms with Crippen molar-refractivity contribution in [3.63, 3.8) is 0 Å². The SMILES string of the molecule is Cc1noc(C)c1-c1ccc(Oc2cc(OC(C)C)cc(C(=O)Nc3ccn(C)n3)c2)cc1. The number of carbonyl (C=O) groups excluding carboxylic acids is 1. The molecule has 1 N–H and O–H groups in total. The Morgan fingerprint density at radius 1 is 1.03 bits per heavy atom. The smallest absolute Gasteiger partial charge is 0.257 e. The van der Waals surface area contributed by atoms with Crippen molar-refractivity contribution in [1.29, 1.82) is 0 Å². The van der Waals surface area contributed by atoms with Gasteiger partial charge in [0.15, 0.2) is 5.82 Å². The highest BCUT2D eigenvalue weighted by Gasteiger charge is 2.14. The van der Waals surface area contributed by atoms with E-state index >= 15 is 0 Å². The van der Waals surface area contributed by atoms with Crippen molar-refractivity contribution in [3.05, 3.63) is 71.7 Å². The number of nitrogens with one attached hydrogen (secondary N) is 1. The summed E-state index contributed by atoms with van der Waals surface area (Å²) in [6, 6.07) is 14.5. The highest BCUT2D eigenvalue weighted by molar-refractivity contribution is 6.04. The zero-order chi connectivity index (χ0) is 23.5. The van der Waals surface area contributed by atoms with Gasteiger partial charge in [-0.2, -0.15) is 5.10 Å². The van der Waals surface area contributed by atoms with Crippen LogP contribution in [-0.4, -0.2) is 26.9 Å². The van der Waals surface area contributed by atoms with E-state index in [4.69, 9.17) is 14.0 Å². The first-order valence-electron chi connectivity index (χ1n) is 10.6. The third-order valence-electron chi connectivity index (χ3n) is 4.88. The number of carbonyl (C=O) groups is 1. The Hall–Kier alpha value is -4.07. The van der Waals surface area contributed by atoms with Crippen LogP contribution in [0, 0.1) is 13.8 Å². The second-order valence-corrected chi connectivity index (χ2v) is 8.01.